The molecule has 1 N–H and O–H groups in total. The molecule has 0 saturated heterocycles. The van der Waals surface area contributed by atoms with Gasteiger partial charge < -0.3 is 19.5 Å². The fourth-order valence-electron chi connectivity index (χ4n) is 1.73. The molecule has 0 aliphatic carbocycles. The quantitative estimate of drug-likeness (QED) is 0.497. The molecule has 94 valence electrons. The zero-order valence-corrected chi connectivity index (χ0v) is 11.3. The molecule has 0 aromatic carbocycles. The molecular weight excluding hydrogens is 226 g/mol. The zero-order chi connectivity index (χ0) is 13.0. The van der Waals surface area contributed by atoms with E-state index in [1.165, 1.54) is 0 Å². The molecule has 5 heteroatoms. The van der Waals surface area contributed by atoms with Crippen LogP contribution in [0, 0.1) is 0 Å². The highest BCUT2D eigenvalue weighted by molar-refractivity contribution is 7.80. The number of quaternary nitrogens is 1. The fourth-order valence-corrected chi connectivity index (χ4v) is 2.07. The predicted octanol–water partition coefficient (Wildman–Crippen LogP) is -0.266. The average Bonchev–Trinajstić information content (AvgIpc) is 1.98. The van der Waals surface area contributed by atoms with Crippen molar-refractivity contribution in [3.63, 3.8) is 0 Å². The third-order valence-corrected chi connectivity index (χ3v) is 2.75. The molecule has 0 amide bonds. The fraction of sp³-hybridized carbons (Fsp3) is 0.818. The first-order chi connectivity index (χ1) is 7.10. The van der Waals surface area contributed by atoms with Crippen molar-refractivity contribution in [2.24, 2.45) is 0 Å². The normalized spacial score (nSPS) is 15.6. The Kier molecular flexibility index (Phi) is 5.52. The van der Waals surface area contributed by atoms with Crippen LogP contribution in [0.25, 0.3) is 0 Å². The van der Waals surface area contributed by atoms with E-state index in [4.69, 9.17) is 12.2 Å². The molecule has 16 heavy (non-hydrogen) atoms. The van der Waals surface area contributed by atoms with Gasteiger partial charge in [-0.15, -0.1) is 0 Å². The molecule has 0 aliphatic heterocycles. The van der Waals surface area contributed by atoms with Crippen molar-refractivity contribution in [1.82, 2.24) is 0 Å². The second kappa shape index (κ2) is 5.70. The van der Waals surface area contributed by atoms with Gasteiger partial charge in [-0.3, -0.25) is 0 Å². The van der Waals surface area contributed by atoms with Crippen molar-refractivity contribution >= 4 is 23.1 Å². The highest BCUT2D eigenvalue weighted by atomic mass is 32.1. The van der Waals surface area contributed by atoms with Gasteiger partial charge in [-0.25, -0.2) is 0 Å². The first kappa shape index (κ1) is 15.5. The van der Waals surface area contributed by atoms with Crippen LogP contribution in [0.1, 0.15) is 26.2 Å². The molecule has 0 fully saturated rings. The highest BCUT2D eigenvalue weighted by Crippen LogP contribution is 2.19. The van der Waals surface area contributed by atoms with Gasteiger partial charge in [0, 0.05) is 17.3 Å². The van der Waals surface area contributed by atoms with E-state index in [9.17, 15) is 15.0 Å². The van der Waals surface area contributed by atoms with Gasteiger partial charge in [0.05, 0.1) is 21.1 Å². The first-order valence-electron chi connectivity index (χ1n) is 5.37. The summed E-state index contributed by atoms with van der Waals surface area (Å²) in [6, 6.07) is 0. The summed E-state index contributed by atoms with van der Waals surface area (Å²) in [4.78, 5) is 11.1. The van der Waals surface area contributed by atoms with E-state index >= 15 is 0 Å². The maximum atomic E-state index is 10.7. The van der Waals surface area contributed by atoms with Crippen molar-refractivity contribution in [2.75, 3.05) is 27.7 Å². The van der Waals surface area contributed by atoms with Crippen LogP contribution in [-0.2, 0) is 4.79 Å². The SMILES string of the molecule is CCCC(=S)[C@@](O)(CC(=O)[O-])C[N+](C)(C)C. The van der Waals surface area contributed by atoms with Crippen molar-refractivity contribution in [2.45, 2.75) is 31.8 Å². The van der Waals surface area contributed by atoms with Gasteiger partial charge in [-0.05, 0) is 6.42 Å². The van der Waals surface area contributed by atoms with Gasteiger partial charge in [-0.1, -0.05) is 25.6 Å². The summed E-state index contributed by atoms with van der Waals surface area (Å²) in [5, 5.41) is 21.0. The molecule has 0 unspecified atom stereocenters. The van der Waals surface area contributed by atoms with Crippen LogP contribution in [0.15, 0.2) is 0 Å². The van der Waals surface area contributed by atoms with Crippen LogP contribution in [0.2, 0.25) is 0 Å². The molecule has 0 aliphatic rings. The number of nitrogens with zero attached hydrogens (tertiary/aromatic N) is 1. The standard InChI is InChI=1S/C11H21NO3S/c1-5-6-9(16)11(15,7-10(13)14)8-12(2,3)4/h15H,5-8H2,1-4H3/t11-/m1/s1. The number of hydrogen-bond acceptors (Lipinski definition) is 4. The largest absolute Gasteiger partial charge is 0.550 e. The van der Waals surface area contributed by atoms with Crippen molar-refractivity contribution < 1.29 is 19.5 Å². The number of carbonyl (C=O) groups excluding carboxylic acids is 1. The molecule has 0 aromatic heterocycles. The maximum Gasteiger partial charge on any atom is 0.149 e. The molecular formula is C11H21NO3S. The number of thiocarbonyl (C=S) groups is 1. The molecule has 0 radical (unpaired) electrons. The number of hydrogen-bond donors (Lipinski definition) is 1. The lowest BCUT2D eigenvalue weighted by Gasteiger charge is -2.36. The van der Waals surface area contributed by atoms with E-state index in [0.29, 0.717) is 15.8 Å². The smallest absolute Gasteiger partial charge is 0.149 e. The number of carboxylic acid groups (broad SMARTS) is 1. The lowest BCUT2D eigenvalue weighted by molar-refractivity contribution is -0.875. The van der Waals surface area contributed by atoms with E-state index in [0.717, 1.165) is 6.42 Å². The van der Waals surface area contributed by atoms with Crippen LogP contribution in [-0.4, -0.2) is 53.7 Å². The summed E-state index contributed by atoms with van der Waals surface area (Å²) in [6.45, 7) is 2.22. The number of carbonyl (C=O) groups is 1. The minimum absolute atomic E-state index is 0.278. The van der Waals surface area contributed by atoms with E-state index in [1.54, 1.807) is 0 Å². The first-order valence-corrected chi connectivity index (χ1v) is 5.77. The number of carboxylic acids is 1. The number of aliphatic carboxylic acids is 1. The molecule has 0 bridgehead atoms. The summed E-state index contributed by atoms with van der Waals surface area (Å²) in [5.41, 5.74) is -1.44. The third kappa shape index (κ3) is 5.53. The van der Waals surface area contributed by atoms with E-state index in [2.05, 4.69) is 0 Å². The van der Waals surface area contributed by atoms with Gasteiger partial charge in [0.2, 0.25) is 0 Å². The lowest BCUT2D eigenvalue weighted by Crippen LogP contribution is -2.55. The van der Waals surface area contributed by atoms with Gasteiger partial charge in [0.1, 0.15) is 12.1 Å². The Morgan fingerprint density at radius 3 is 2.25 bits per heavy atom. The molecule has 0 saturated carbocycles. The molecule has 0 aromatic rings. The Morgan fingerprint density at radius 1 is 1.44 bits per heavy atom. The molecule has 1 atom stereocenters. The molecule has 0 heterocycles. The summed E-state index contributed by atoms with van der Waals surface area (Å²) in [6.07, 6.45) is 0.922. The minimum atomic E-state index is -1.44. The summed E-state index contributed by atoms with van der Waals surface area (Å²) >= 11 is 5.12. The third-order valence-electron chi connectivity index (χ3n) is 2.17. The number of rotatable bonds is 7. The van der Waals surface area contributed by atoms with Crippen molar-refractivity contribution in [1.29, 1.82) is 0 Å². The zero-order valence-electron chi connectivity index (χ0n) is 10.4. The topological polar surface area (TPSA) is 60.4 Å². The van der Waals surface area contributed by atoms with Gasteiger partial charge in [0.15, 0.2) is 0 Å². The monoisotopic (exact) mass is 247 g/mol. The van der Waals surface area contributed by atoms with Gasteiger partial charge in [0.25, 0.3) is 0 Å². The van der Waals surface area contributed by atoms with Gasteiger partial charge in [-0.2, -0.15) is 0 Å². The Balaban J connectivity index is 4.87. The number of aliphatic hydroxyl groups is 1. The Hall–Kier alpha value is -0.520. The average molecular weight is 247 g/mol. The highest BCUT2D eigenvalue weighted by Gasteiger charge is 2.37. The number of likely N-dealkylation sites (N-methyl/N-ethyl adjacent to an activating group) is 1. The minimum Gasteiger partial charge on any atom is -0.550 e. The second-order valence-corrected chi connectivity index (χ2v) is 5.69. The summed E-state index contributed by atoms with van der Waals surface area (Å²) < 4.78 is 0.452. The van der Waals surface area contributed by atoms with Crippen LogP contribution in [0.5, 0.6) is 0 Å². The van der Waals surface area contributed by atoms with Crippen LogP contribution >= 0.6 is 12.2 Å². The van der Waals surface area contributed by atoms with Gasteiger partial charge >= 0.3 is 0 Å². The van der Waals surface area contributed by atoms with Crippen LogP contribution < -0.4 is 5.11 Å². The Morgan fingerprint density at radius 2 is 1.94 bits per heavy atom. The van der Waals surface area contributed by atoms with E-state index in [1.807, 2.05) is 28.1 Å². The van der Waals surface area contributed by atoms with E-state index < -0.39 is 18.0 Å². The van der Waals surface area contributed by atoms with Crippen LogP contribution in [0.3, 0.4) is 0 Å². The molecule has 0 rings (SSSR count). The second-order valence-electron chi connectivity index (χ2n) is 5.20. The molecule has 4 nitrogen and oxygen atoms in total. The molecule has 0 spiro atoms. The summed E-state index contributed by atoms with van der Waals surface area (Å²) in [7, 11) is 5.65. The Bertz CT molecular complexity index is 273. The van der Waals surface area contributed by atoms with Crippen LogP contribution in [0.4, 0.5) is 0 Å². The van der Waals surface area contributed by atoms with Crippen molar-refractivity contribution in [3.8, 4) is 0 Å². The predicted molar refractivity (Wildman–Crippen MR) is 65.0 cm³/mol. The van der Waals surface area contributed by atoms with E-state index in [-0.39, 0.29) is 6.54 Å². The van der Waals surface area contributed by atoms with Crippen molar-refractivity contribution in [3.05, 3.63) is 0 Å². The maximum absolute atomic E-state index is 10.7. The Labute approximate surface area is 102 Å². The summed E-state index contributed by atoms with van der Waals surface area (Å²) in [5.74, 6) is -1.27. The lowest BCUT2D eigenvalue weighted by atomic mass is 9.91.